The normalized spacial score (nSPS) is 11.5. The highest BCUT2D eigenvalue weighted by atomic mass is 19.1. The molecule has 0 saturated heterocycles. The van der Waals surface area contributed by atoms with Crippen molar-refractivity contribution in [2.24, 2.45) is 0 Å². The number of imidazole rings is 1. The van der Waals surface area contributed by atoms with E-state index in [4.69, 9.17) is 4.74 Å². The van der Waals surface area contributed by atoms with Gasteiger partial charge in [-0.2, -0.15) is 0 Å². The van der Waals surface area contributed by atoms with Crippen LogP contribution in [0.2, 0.25) is 0 Å². The molecule has 1 N–H and O–H groups in total. The lowest BCUT2D eigenvalue weighted by atomic mass is 10.2. The van der Waals surface area contributed by atoms with Crippen molar-refractivity contribution in [3.05, 3.63) is 82.7 Å². The molecule has 0 fully saturated rings. The number of nitrogens with zero attached hydrogens (tertiary/aromatic N) is 3. The number of esters is 1. The topological polar surface area (TPSA) is 116 Å². The molecule has 0 aliphatic rings. The summed E-state index contributed by atoms with van der Waals surface area (Å²) in [6.45, 7) is 1.39. The fourth-order valence-electron chi connectivity index (χ4n) is 2.44. The second-order valence-electron chi connectivity index (χ2n) is 5.97. The fourth-order valence-corrected chi connectivity index (χ4v) is 2.44. The molecule has 1 aromatic heterocycles. The first-order valence-corrected chi connectivity index (χ1v) is 8.40. The van der Waals surface area contributed by atoms with E-state index < -0.39 is 28.7 Å². The SMILES string of the molecule is CC(OC(=O)c1cncn1-c1ccc(F)cc1)C(=O)Nc1ccc([N+](=O)[O-])cc1. The van der Waals surface area contributed by atoms with Gasteiger partial charge in [0.2, 0.25) is 0 Å². The maximum absolute atomic E-state index is 13.1. The van der Waals surface area contributed by atoms with Crippen molar-refractivity contribution in [2.45, 2.75) is 13.0 Å². The molecule has 10 heteroatoms. The van der Waals surface area contributed by atoms with Gasteiger partial charge in [-0.1, -0.05) is 0 Å². The van der Waals surface area contributed by atoms with E-state index in [1.165, 1.54) is 72.5 Å². The average molecular weight is 398 g/mol. The predicted octanol–water partition coefficient (Wildman–Crippen LogP) is 3.10. The molecular weight excluding hydrogens is 383 g/mol. The van der Waals surface area contributed by atoms with Crippen LogP contribution in [0.15, 0.2) is 61.1 Å². The monoisotopic (exact) mass is 398 g/mol. The predicted molar refractivity (Wildman–Crippen MR) is 100 cm³/mol. The number of benzene rings is 2. The molecular formula is C19H15FN4O5. The van der Waals surface area contributed by atoms with Gasteiger partial charge >= 0.3 is 5.97 Å². The summed E-state index contributed by atoms with van der Waals surface area (Å²) in [5.74, 6) is -1.83. The standard InChI is InChI=1S/C19H15FN4O5/c1-12(18(25)22-14-4-8-16(9-5-14)24(27)28)29-19(26)17-10-21-11-23(17)15-6-2-13(20)3-7-15/h2-12H,1H3,(H,22,25). The van der Waals surface area contributed by atoms with E-state index in [0.717, 1.165) is 0 Å². The number of non-ortho nitro benzene ring substituents is 1. The summed E-state index contributed by atoms with van der Waals surface area (Å²) in [5.41, 5.74) is 0.766. The van der Waals surface area contributed by atoms with E-state index in [1.54, 1.807) is 0 Å². The summed E-state index contributed by atoms with van der Waals surface area (Å²) in [5, 5.41) is 13.2. The first-order chi connectivity index (χ1) is 13.8. The van der Waals surface area contributed by atoms with Gasteiger partial charge in [0, 0.05) is 23.5 Å². The lowest BCUT2D eigenvalue weighted by Crippen LogP contribution is -2.30. The molecule has 2 aromatic carbocycles. The lowest BCUT2D eigenvalue weighted by Gasteiger charge is -2.14. The Morgan fingerprint density at radius 3 is 2.45 bits per heavy atom. The summed E-state index contributed by atoms with van der Waals surface area (Å²) in [7, 11) is 0. The highest BCUT2D eigenvalue weighted by molar-refractivity contribution is 5.97. The number of nitro benzene ring substituents is 1. The molecule has 0 saturated carbocycles. The van der Waals surface area contributed by atoms with Crippen molar-refractivity contribution < 1.29 is 23.6 Å². The van der Waals surface area contributed by atoms with E-state index in [1.807, 2.05) is 0 Å². The van der Waals surface area contributed by atoms with Gasteiger partial charge < -0.3 is 10.1 Å². The average Bonchev–Trinajstić information content (AvgIpc) is 3.19. The van der Waals surface area contributed by atoms with E-state index in [2.05, 4.69) is 10.3 Å². The Balaban J connectivity index is 1.66. The minimum atomic E-state index is -1.14. The van der Waals surface area contributed by atoms with Crippen LogP contribution in [0.5, 0.6) is 0 Å². The third kappa shape index (κ3) is 4.61. The number of hydrogen-bond donors (Lipinski definition) is 1. The molecule has 148 valence electrons. The lowest BCUT2D eigenvalue weighted by molar-refractivity contribution is -0.384. The number of carbonyl (C=O) groups excluding carboxylic acids is 2. The van der Waals surface area contributed by atoms with Crippen LogP contribution in [0, 0.1) is 15.9 Å². The van der Waals surface area contributed by atoms with Crippen LogP contribution in [-0.4, -0.2) is 32.5 Å². The van der Waals surface area contributed by atoms with Crippen LogP contribution >= 0.6 is 0 Å². The Morgan fingerprint density at radius 1 is 1.17 bits per heavy atom. The Labute approximate surface area is 163 Å². The second-order valence-corrected chi connectivity index (χ2v) is 5.97. The molecule has 1 atom stereocenters. The quantitative estimate of drug-likeness (QED) is 0.387. The van der Waals surface area contributed by atoms with Crippen molar-refractivity contribution in [2.75, 3.05) is 5.32 Å². The number of nitro groups is 1. The van der Waals surface area contributed by atoms with Gasteiger partial charge in [-0.3, -0.25) is 19.5 Å². The van der Waals surface area contributed by atoms with Crippen molar-refractivity contribution in [1.82, 2.24) is 9.55 Å². The molecule has 1 unspecified atom stereocenters. The van der Waals surface area contributed by atoms with Crippen molar-refractivity contribution >= 4 is 23.3 Å². The zero-order valence-electron chi connectivity index (χ0n) is 15.1. The third-order valence-electron chi connectivity index (χ3n) is 3.95. The highest BCUT2D eigenvalue weighted by Gasteiger charge is 2.22. The highest BCUT2D eigenvalue weighted by Crippen LogP contribution is 2.17. The van der Waals surface area contributed by atoms with Gasteiger partial charge in [0.05, 0.1) is 17.4 Å². The Bertz CT molecular complexity index is 1050. The summed E-state index contributed by atoms with van der Waals surface area (Å²) in [6.07, 6.45) is 1.49. The maximum Gasteiger partial charge on any atom is 0.357 e. The van der Waals surface area contributed by atoms with Gasteiger partial charge in [-0.15, -0.1) is 0 Å². The number of nitrogens with one attached hydrogen (secondary N) is 1. The van der Waals surface area contributed by atoms with E-state index in [-0.39, 0.29) is 11.4 Å². The number of amides is 1. The van der Waals surface area contributed by atoms with Gasteiger partial charge in [0.15, 0.2) is 11.8 Å². The zero-order valence-corrected chi connectivity index (χ0v) is 15.1. The molecule has 3 aromatic rings. The van der Waals surface area contributed by atoms with Crippen LogP contribution in [0.4, 0.5) is 15.8 Å². The fraction of sp³-hybridized carbons (Fsp3) is 0.105. The van der Waals surface area contributed by atoms with Crippen molar-refractivity contribution in [1.29, 1.82) is 0 Å². The van der Waals surface area contributed by atoms with Crippen molar-refractivity contribution in [3.8, 4) is 5.69 Å². The van der Waals surface area contributed by atoms with Crippen LogP contribution in [-0.2, 0) is 9.53 Å². The molecule has 0 radical (unpaired) electrons. The smallest absolute Gasteiger partial charge is 0.357 e. The Morgan fingerprint density at radius 2 is 1.83 bits per heavy atom. The number of ether oxygens (including phenoxy) is 1. The first kappa shape index (κ1) is 19.7. The molecule has 1 amide bonds. The number of halogens is 1. The minimum absolute atomic E-state index is 0.0617. The summed E-state index contributed by atoms with van der Waals surface area (Å²) in [6, 6.07) is 10.6. The van der Waals surface area contributed by atoms with Gasteiger partial charge in [-0.25, -0.2) is 14.2 Å². The Kier molecular flexibility index (Phi) is 5.63. The third-order valence-corrected chi connectivity index (χ3v) is 3.95. The summed E-state index contributed by atoms with van der Waals surface area (Å²) >= 11 is 0. The largest absolute Gasteiger partial charge is 0.448 e. The van der Waals surface area contributed by atoms with E-state index >= 15 is 0 Å². The molecule has 9 nitrogen and oxygen atoms in total. The summed E-state index contributed by atoms with van der Waals surface area (Å²) < 4.78 is 19.7. The number of aromatic nitrogens is 2. The number of anilines is 1. The van der Waals surface area contributed by atoms with Crippen LogP contribution in [0.1, 0.15) is 17.4 Å². The molecule has 0 aliphatic carbocycles. The molecule has 0 bridgehead atoms. The van der Waals surface area contributed by atoms with Crippen LogP contribution in [0.25, 0.3) is 5.69 Å². The maximum atomic E-state index is 13.1. The number of rotatable bonds is 6. The van der Waals surface area contributed by atoms with Crippen LogP contribution in [0.3, 0.4) is 0 Å². The molecule has 0 spiro atoms. The van der Waals surface area contributed by atoms with Crippen molar-refractivity contribution in [3.63, 3.8) is 0 Å². The molecule has 3 rings (SSSR count). The number of hydrogen-bond acceptors (Lipinski definition) is 6. The molecule has 29 heavy (non-hydrogen) atoms. The van der Waals surface area contributed by atoms with Gasteiger partial charge in [-0.05, 0) is 43.3 Å². The zero-order chi connectivity index (χ0) is 21.0. The molecule has 0 aliphatic heterocycles. The van der Waals surface area contributed by atoms with Crippen LogP contribution < -0.4 is 5.32 Å². The summed E-state index contributed by atoms with van der Waals surface area (Å²) in [4.78, 5) is 38.7. The first-order valence-electron chi connectivity index (χ1n) is 8.40. The molecule has 1 heterocycles. The second kappa shape index (κ2) is 8.30. The minimum Gasteiger partial charge on any atom is -0.448 e. The van der Waals surface area contributed by atoms with E-state index in [0.29, 0.717) is 11.4 Å². The van der Waals surface area contributed by atoms with Gasteiger partial charge in [0.25, 0.3) is 11.6 Å². The number of carbonyl (C=O) groups is 2. The Hall–Kier alpha value is -4.08. The van der Waals surface area contributed by atoms with E-state index in [9.17, 15) is 24.1 Å². The van der Waals surface area contributed by atoms with Gasteiger partial charge in [0.1, 0.15) is 5.82 Å².